The van der Waals surface area contributed by atoms with Gasteiger partial charge >= 0.3 is 0 Å². The highest BCUT2D eigenvalue weighted by molar-refractivity contribution is 5.98. The van der Waals surface area contributed by atoms with Crippen LogP contribution in [0, 0.1) is 0 Å². The largest absolute Gasteiger partial charge is 0.356 e. The van der Waals surface area contributed by atoms with E-state index in [2.05, 4.69) is 20.3 Å². The fraction of sp³-hybridized carbons (Fsp3) is 0.722. The number of guanidine groups is 1. The molecule has 1 aromatic rings. The molecular weight excluding hydrogens is 330 g/mol. The Kier molecular flexibility index (Phi) is 6.49. The molecule has 0 aromatic carbocycles. The predicted molar refractivity (Wildman–Crippen MR) is 103 cm³/mol. The zero-order valence-electron chi connectivity index (χ0n) is 16.0. The number of aryl methyl sites for hydroxylation is 1. The first-order chi connectivity index (χ1) is 12.7. The number of nitrogens with zero attached hydrogens (tertiary/aromatic N) is 6. The summed E-state index contributed by atoms with van der Waals surface area (Å²) in [6.07, 6.45) is 8.65. The van der Waals surface area contributed by atoms with Gasteiger partial charge in [0.25, 0.3) is 0 Å². The van der Waals surface area contributed by atoms with E-state index in [-0.39, 0.29) is 5.91 Å². The van der Waals surface area contributed by atoms with E-state index in [9.17, 15) is 4.79 Å². The zero-order chi connectivity index (χ0) is 18.4. The molecule has 0 aliphatic carbocycles. The minimum Gasteiger partial charge on any atom is -0.356 e. The minimum atomic E-state index is 0.0845. The molecule has 2 aliphatic heterocycles. The van der Waals surface area contributed by atoms with E-state index >= 15 is 0 Å². The molecule has 2 fully saturated rings. The molecule has 1 N–H and O–H groups in total. The monoisotopic (exact) mass is 361 g/mol. The highest BCUT2D eigenvalue weighted by atomic mass is 16.2. The minimum absolute atomic E-state index is 0.0845. The van der Waals surface area contributed by atoms with E-state index in [1.54, 1.807) is 22.8 Å². The third-order valence-corrected chi connectivity index (χ3v) is 5.12. The number of aliphatic imine (C=N–C) groups is 1. The highest BCUT2D eigenvalue weighted by Crippen LogP contribution is 2.16. The first-order valence-corrected chi connectivity index (χ1v) is 9.64. The molecule has 144 valence electrons. The lowest BCUT2D eigenvalue weighted by Crippen LogP contribution is -2.55. The number of rotatable bonds is 6. The van der Waals surface area contributed by atoms with Gasteiger partial charge in [0, 0.05) is 39.9 Å². The summed E-state index contributed by atoms with van der Waals surface area (Å²) in [7, 11) is 3.64. The number of likely N-dealkylation sites (tertiary alicyclic amines) is 1. The molecule has 8 heteroatoms. The van der Waals surface area contributed by atoms with Gasteiger partial charge in [0.2, 0.25) is 5.91 Å². The van der Waals surface area contributed by atoms with Crippen LogP contribution in [0.3, 0.4) is 0 Å². The summed E-state index contributed by atoms with van der Waals surface area (Å²) < 4.78 is 1.72. The van der Waals surface area contributed by atoms with Crippen LogP contribution in [0.15, 0.2) is 17.4 Å². The van der Waals surface area contributed by atoms with Crippen molar-refractivity contribution in [3.8, 4) is 0 Å². The summed E-state index contributed by atoms with van der Waals surface area (Å²) in [6.45, 7) is 6.40. The number of hydrogen-bond donors (Lipinski definition) is 1. The first-order valence-electron chi connectivity index (χ1n) is 9.64. The van der Waals surface area contributed by atoms with Crippen LogP contribution in [0.5, 0.6) is 0 Å². The Morgan fingerprint density at radius 3 is 2.69 bits per heavy atom. The van der Waals surface area contributed by atoms with Crippen molar-refractivity contribution in [2.24, 2.45) is 12.0 Å². The lowest BCUT2D eigenvalue weighted by Gasteiger charge is -2.35. The second-order valence-corrected chi connectivity index (χ2v) is 7.07. The number of hydrogen-bond acceptors (Lipinski definition) is 4. The van der Waals surface area contributed by atoms with Gasteiger partial charge in [-0.2, -0.15) is 5.10 Å². The molecule has 8 nitrogen and oxygen atoms in total. The van der Waals surface area contributed by atoms with Crippen molar-refractivity contribution >= 4 is 17.6 Å². The Balaban J connectivity index is 1.40. The van der Waals surface area contributed by atoms with Crippen LogP contribution in [0.4, 0.5) is 5.69 Å². The van der Waals surface area contributed by atoms with Crippen LogP contribution in [0.1, 0.15) is 25.7 Å². The van der Waals surface area contributed by atoms with Crippen molar-refractivity contribution in [1.82, 2.24) is 24.9 Å². The van der Waals surface area contributed by atoms with Gasteiger partial charge in [0.05, 0.1) is 11.9 Å². The van der Waals surface area contributed by atoms with Gasteiger partial charge in [-0.25, -0.2) is 0 Å². The van der Waals surface area contributed by atoms with Crippen molar-refractivity contribution < 1.29 is 4.79 Å². The molecule has 0 radical (unpaired) electrons. The predicted octanol–water partition coefficient (Wildman–Crippen LogP) is 0.520. The summed E-state index contributed by atoms with van der Waals surface area (Å²) in [5, 5.41) is 7.57. The molecule has 2 aliphatic rings. The van der Waals surface area contributed by atoms with E-state index in [0.29, 0.717) is 13.1 Å². The molecule has 3 heterocycles. The average Bonchev–Trinajstić information content (AvgIpc) is 3.30. The van der Waals surface area contributed by atoms with Gasteiger partial charge in [0.1, 0.15) is 6.54 Å². The number of unbranched alkanes of at least 4 members (excludes halogenated alkanes) is 1. The molecular formula is C18H31N7O. The van der Waals surface area contributed by atoms with Crippen LogP contribution in [0.2, 0.25) is 0 Å². The molecule has 3 rings (SSSR count). The normalized spacial score (nSPS) is 19.5. The van der Waals surface area contributed by atoms with Gasteiger partial charge in [-0.3, -0.25) is 14.5 Å². The van der Waals surface area contributed by atoms with Crippen molar-refractivity contribution in [3.63, 3.8) is 0 Å². The Morgan fingerprint density at radius 1 is 1.23 bits per heavy atom. The first kappa shape index (κ1) is 18.7. The Bertz CT molecular complexity index is 621. The highest BCUT2D eigenvalue weighted by Gasteiger charge is 2.27. The third-order valence-electron chi connectivity index (χ3n) is 5.12. The van der Waals surface area contributed by atoms with Crippen molar-refractivity contribution in [2.75, 3.05) is 57.8 Å². The Labute approximate surface area is 155 Å². The second kappa shape index (κ2) is 9.02. The topological polar surface area (TPSA) is 69.0 Å². The summed E-state index contributed by atoms with van der Waals surface area (Å²) in [5.74, 6) is 0.909. The van der Waals surface area contributed by atoms with Gasteiger partial charge in [-0.15, -0.1) is 0 Å². The number of amides is 1. The van der Waals surface area contributed by atoms with E-state index < -0.39 is 0 Å². The molecule has 1 amide bonds. The van der Waals surface area contributed by atoms with E-state index in [4.69, 9.17) is 0 Å². The van der Waals surface area contributed by atoms with Crippen molar-refractivity contribution in [1.29, 1.82) is 0 Å². The fourth-order valence-corrected chi connectivity index (χ4v) is 3.67. The average molecular weight is 361 g/mol. The van der Waals surface area contributed by atoms with Crippen LogP contribution in [0.25, 0.3) is 0 Å². The smallest absolute Gasteiger partial charge is 0.246 e. The van der Waals surface area contributed by atoms with Gasteiger partial charge < -0.3 is 20.0 Å². The molecule has 26 heavy (non-hydrogen) atoms. The van der Waals surface area contributed by atoms with E-state index in [1.807, 2.05) is 18.1 Å². The number of nitrogens with one attached hydrogen (secondary N) is 1. The lowest BCUT2D eigenvalue weighted by molar-refractivity contribution is -0.120. The van der Waals surface area contributed by atoms with Gasteiger partial charge in [-0.05, 0) is 45.3 Å². The van der Waals surface area contributed by atoms with Gasteiger partial charge in [-0.1, -0.05) is 0 Å². The Morgan fingerprint density at radius 2 is 2.04 bits per heavy atom. The van der Waals surface area contributed by atoms with Crippen molar-refractivity contribution in [3.05, 3.63) is 12.4 Å². The maximum Gasteiger partial charge on any atom is 0.246 e. The fourth-order valence-electron chi connectivity index (χ4n) is 3.67. The molecule has 0 spiro atoms. The maximum absolute atomic E-state index is 12.5. The lowest BCUT2D eigenvalue weighted by atomic mass is 10.3. The molecule has 0 atom stereocenters. The Hall–Kier alpha value is -2.09. The molecule has 0 bridgehead atoms. The number of anilines is 1. The summed E-state index contributed by atoms with van der Waals surface area (Å²) in [5.41, 5.74) is 0.863. The summed E-state index contributed by atoms with van der Waals surface area (Å²) in [6, 6.07) is 0. The van der Waals surface area contributed by atoms with Gasteiger partial charge in [0.15, 0.2) is 5.96 Å². The van der Waals surface area contributed by atoms with Crippen LogP contribution < -0.4 is 10.2 Å². The molecule has 0 saturated carbocycles. The van der Waals surface area contributed by atoms with Crippen LogP contribution in [-0.4, -0.2) is 84.3 Å². The number of piperazine rings is 1. The number of carbonyl (C=O) groups excluding carboxylic acids is 1. The van der Waals surface area contributed by atoms with Crippen LogP contribution >= 0.6 is 0 Å². The van der Waals surface area contributed by atoms with Crippen LogP contribution in [-0.2, 0) is 11.8 Å². The second-order valence-electron chi connectivity index (χ2n) is 7.07. The summed E-state index contributed by atoms with van der Waals surface area (Å²) in [4.78, 5) is 23.3. The molecule has 2 saturated heterocycles. The van der Waals surface area contributed by atoms with E-state index in [1.165, 1.54) is 38.9 Å². The standard InChI is InChI=1S/C18H31N7O/c1-19-18(20-7-3-4-8-23-9-5-6-10-23)24-11-12-25(17(26)15-24)16-13-21-22(2)14-16/h13-14H,3-12,15H2,1-2H3,(H,19,20). The molecule has 0 unspecified atom stereocenters. The zero-order valence-corrected chi connectivity index (χ0v) is 16.0. The van der Waals surface area contributed by atoms with Crippen molar-refractivity contribution in [2.45, 2.75) is 25.7 Å². The number of aromatic nitrogens is 2. The summed E-state index contributed by atoms with van der Waals surface area (Å²) >= 11 is 0. The SMILES string of the molecule is CN=C(NCCCCN1CCCC1)N1CCN(c2cnn(C)c2)C(=O)C1. The molecule has 1 aromatic heterocycles. The maximum atomic E-state index is 12.5. The number of carbonyl (C=O) groups is 1. The quantitative estimate of drug-likeness (QED) is 0.455. The van der Waals surface area contributed by atoms with E-state index in [0.717, 1.165) is 31.2 Å². The third kappa shape index (κ3) is 4.75.